The van der Waals surface area contributed by atoms with Crippen molar-refractivity contribution in [2.75, 3.05) is 11.9 Å². The molecule has 0 amide bonds. The number of nitrogens with one attached hydrogen (secondary N) is 1. The normalized spacial score (nSPS) is 18.5. The third kappa shape index (κ3) is 2.19. The fourth-order valence-electron chi connectivity index (χ4n) is 2.08. The van der Waals surface area contributed by atoms with Gasteiger partial charge >= 0.3 is 6.18 Å². The molecule has 5 nitrogen and oxygen atoms in total. The first-order valence-corrected chi connectivity index (χ1v) is 5.84. The third-order valence-electron chi connectivity index (χ3n) is 2.97. The van der Waals surface area contributed by atoms with Gasteiger partial charge in [-0.05, 0) is 18.6 Å². The molecule has 20 heavy (non-hydrogen) atoms. The van der Waals surface area contributed by atoms with Gasteiger partial charge in [0.05, 0.1) is 17.9 Å². The van der Waals surface area contributed by atoms with Gasteiger partial charge in [-0.2, -0.15) is 18.2 Å². The topological polar surface area (TPSA) is 55.6 Å². The number of fused-ring (bicyclic) bond motifs is 1. The quantitative estimate of drug-likeness (QED) is 0.817. The summed E-state index contributed by atoms with van der Waals surface area (Å²) in [5.74, 6) is -1.66. The summed E-state index contributed by atoms with van der Waals surface area (Å²) in [6.45, 7) is 0.444. The molecule has 1 aliphatic rings. The Bertz CT molecular complexity index is 619. The van der Waals surface area contributed by atoms with Gasteiger partial charge in [0.2, 0.25) is 5.95 Å². The molecule has 1 aliphatic heterocycles. The van der Waals surface area contributed by atoms with Crippen molar-refractivity contribution in [2.45, 2.75) is 18.6 Å². The standard InChI is InChI=1S/C11H9F4N5/c12-6-1-2-7(17-5-6)8-3-4-16-10-18-9(11(13,14)15)19-20(8)10/h1-2,5,8H,3-4H2,(H,16,18,19). The number of anilines is 1. The molecule has 3 heterocycles. The Morgan fingerprint density at radius 2 is 2.10 bits per heavy atom. The van der Waals surface area contributed by atoms with E-state index < -0.39 is 23.9 Å². The lowest BCUT2D eigenvalue weighted by molar-refractivity contribution is -0.145. The molecule has 0 spiro atoms. The molecule has 1 atom stereocenters. The maximum Gasteiger partial charge on any atom is 0.453 e. The number of aromatic nitrogens is 4. The first-order valence-electron chi connectivity index (χ1n) is 5.84. The van der Waals surface area contributed by atoms with Crippen molar-refractivity contribution >= 4 is 5.95 Å². The zero-order chi connectivity index (χ0) is 14.3. The van der Waals surface area contributed by atoms with E-state index in [-0.39, 0.29) is 5.95 Å². The van der Waals surface area contributed by atoms with Crippen molar-refractivity contribution in [3.8, 4) is 0 Å². The number of alkyl halides is 3. The molecular formula is C11H9F4N5. The molecule has 106 valence electrons. The van der Waals surface area contributed by atoms with Gasteiger partial charge < -0.3 is 5.32 Å². The predicted molar refractivity (Wildman–Crippen MR) is 60.5 cm³/mol. The molecule has 0 radical (unpaired) electrons. The molecule has 0 aromatic carbocycles. The molecule has 0 fully saturated rings. The Balaban J connectivity index is 2.01. The first-order chi connectivity index (χ1) is 9.45. The molecule has 3 rings (SSSR count). The van der Waals surface area contributed by atoms with Crippen LogP contribution in [0.4, 0.5) is 23.5 Å². The second kappa shape index (κ2) is 4.43. The second-order valence-electron chi connectivity index (χ2n) is 4.33. The number of rotatable bonds is 1. The monoisotopic (exact) mass is 287 g/mol. The van der Waals surface area contributed by atoms with Crippen LogP contribution in [-0.4, -0.2) is 26.3 Å². The number of nitrogens with zero attached hydrogens (tertiary/aromatic N) is 4. The SMILES string of the molecule is Fc1ccc(C2CCNc3nc(C(F)(F)F)nn32)nc1. The molecule has 0 aliphatic carbocycles. The highest BCUT2D eigenvalue weighted by Crippen LogP contribution is 2.32. The maximum atomic E-state index is 12.9. The minimum Gasteiger partial charge on any atom is -0.354 e. The van der Waals surface area contributed by atoms with Crippen LogP contribution in [0.25, 0.3) is 0 Å². The summed E-state index contributed by atoms with van der Waals surface area (Å²) in [7, 11) is 0. The molecule has 2 aromatic heterocycles. The summed E-state index contributed by atoms with van der Waals surface area (Å²) in [5, 5.41) is 6.24. The second-order valence-corrected chi connectivity index (χ2v) is 4.33. The zero-order valence-corrected chi connectivity index (χ0v) is 10.0. The van der Waals surface area contributed by atoms with E-state index in [0.717, 1.165) is 10.9 Å². The zero-order valence-electron chi connectivity index (χ0n) is 10.0. The fourth-order valence-corrected chi connectivity index (χ4v) is 2.08. The molecule has 0 saturated carbocycles. The average molecular weight is 287 g/mol. The lowest BCUT2D eigenvalue weighted by Crippen LogP contribution is -2.25. The summed E-state index contributed by atoms with van der Waals surface area (Å²) >= 11 is 0. The Labute approximate surface area is 110 Å². The fraction of sp³-hybridized carbons (Fsp3) is 0.364. The summed E-state index contributed by atoms with van der Waals surface area (Å²) in [6.07, 6.45) is -3.09. The molecule has 1 unspecified atom stereocenters. The van der Waals surface area contributed by atoms with E-state index in [2.05, 4.69) is 20.4 Å². The summed E-state index contributed by atoms with van der Waals surface area (Å²) in [4.78, 5) is 7.33. The summed E-state index contributed by atoms with van der Waals surface area (Å²) < 4.78 is 51.9. The average Bonchev–Trinajstić information content (AvgIpc) is 2.83. The van der Waals surface area contributed by atoms with E-state index in [4.69, 9.17) is 0 Å². The Hall–Kier alpha value is -2.19. The van der Waals surface area contributed by atoms with Crippen LogP contribution in [0.15, 0.2) is 18.3 Å². The van der Waals surface area contributed by atoms with Crippen LogP contribution in [0, 0.1) is 5.82 Å². The van der Waals surface area contributed by atoms with Crippen molar-refractivity contribution in [2.24, 2.45) is 0 Å². The maximum absolute atomic E-state index is 12.9. The minimum absolute atomic E-state index is 0.0414. The van der Waals surface area contributed by atoms with Gasteiger partial charge in [-0.15, -0.1) is 5.10 Å². The van der Waals surface area contributed by atoms with Gasteiger partial charge in [0.1, 0.15) is 5.82 Å². The van der Waals surface area contributed by atoms with Gasteiger partial charge in [-0.25, -0.2) is 9.07 Å². The molecule has 1 N–H and O–H groups in total. The van der Waals surface area contributed by atoms with Gasteiger partial charge in [-0.1, -0.05) is 0 Å². The highest BCUT2D eigenvalue weighted by Gasteiger charge is 2.39. The third-order valence-corrected chi connectivity index (χ3v) is 2.97. The van der Waals surface area contributed by atoms with Crippen molar-refractivity contribution in [1.82, 2.24) is 19.7 Å². The van der Waals surface area contributed by atoms with Crippen molar-refractivity contribution in [3.05, 3.63) is 35.7 Å². The van der Waals surface area contributed by atoms with E-state index in [0.29, 0.717) is 18.7 Å². The largest absolute Gasteiger partial charge is 0.453 e. The smallest absolute Gasteiger partial charge is 0.354 e. The van der Waals surface area contributed by atoms with Crippen molar-refractivity contribution < 1.29 is 17.6 Å². The van der Waals surface area contributed by atoms with E-state index >= 15 is 0 Å². The first kappa shape index (κ1) is 12.8. The number of halogens is 4. The molecule has 2 aromatic rings. The van der Waals surface area contributed by atoms with Crippen LogP contribution < -0.4 is 5.32 Å². The highest BCUT2D eigenvalue weighted by molar-refractivity contribution is 5.31. The van der Waals surface area contributed by atoms with Crippen LogP contribution in [0.1, 0.15) is 24.0 Å². The molecule has 9 heteroatoms. The van der Waals surface area contributed by atoms with Gasteiger partial charge in [0, 0.05) is 6.54 Å². The molecular weight excluding hydrogens is 278 g/mol. The lowest BCUT2D eigenvalue weighted by Gasteiger charge is -2.23. The summed E-state index contributed by atoms with van der Waals surface area (Å²) in [6, 6.07) is 2.16. The molecule has 0 saturated heterocycles. The predicted octanol–water partition coefficient (Wildman–Crippen LogP) is 2.24. The van der Waals surface area contributed by atoms with Crippen LogP contribution in [-0.2, 0) is 6.18 Å². The highest BCUT2D eigenvalue weighted by atomic mass is 19.4. The Morgan fingerprint density at radius 1 is 1.30 bits per heavy atom. The van der Waals surface area contributed by atoms with Crippen LogP contribution in [0.3, 0.4) is 0 Å². The van der Waals surface area contributed by atoms with E-state index in [1.165, 1.54) is 12.1 Å². The van der Waals surface area contributed by atoms with Gasteiger partial charge in [0.25, 0.3) is 5.82 Å². The minimum atomic E-state index is -4.60. The lowest BCUT2D eigenvalue weighted by atomic mass is 10.1. The van der Waals surface area contributed by atoms with Gasteiger partial charge in [-0.3, -0.25) is 4.98 Å². The summed E-state index contributed by atoms with van der Waals surface area (Å²) in [5.41, 5.74) is 0.452. The van der Waals surface area contributed by atoms with Gasteiger partial charge in [0.15, 0.2) is 0 Å². The Kier molecular flexibility index (Phi) is 2.84. The van der Waals surface area contributed by atoms with Crippen LogP contribution in [0.2, 0.25) is 0 Å². The van der Waals surface area contributed by atoms with Crippen LogP contribution >= 0.6 is 0 Å². The van der Waals surface area contributed by atoms with Crippen molar-refractivity contribution in [1.29, 1.82) is 0 Å². The number of hydrogen-bond acceptors (Lipinski definition) is 4. The Morgan fingerprint density at radius 3 is 2.75 bits per heavy atom. The van der Waals surface area contributed by atoms with E-state index in [9.17, 15) is 17.6 Å². The number of hydrogen-bond donors (Lipinski definition) is 1. The molecule has 0 bridgehead atoms. The van der Waals surface area contributed by atoms with Crippen molar-refractivity contribution in [3.63, 3.8) is 0 Å². The van der Waals surface area contributed by atoms with E-state index in [1.54, 1.807) is 0 Å². The number of pyridine rings is 1. The van der Waals surface area contributed by atoms with Crippen LogP contribution in [0.5, 0.6) is 0 Å². The van der Waals surface area contributed by atoms with E-state index in [1.807, 2.05) is 0 Å².